The van der Waals surface area contributed by atoms with Crippen molar-refractivity contribution >= 4 is 33.3 Å². The number of carbonyl (C=O) groups is 1. The van der Waals surface area contributed by atoms with Crippen molar-refractivity contribution in [3.63, 3.8) is 0 Å². The van der Waals surface area contributed by atoms with Gasteiger partial charge in [0.05, 0.1) is 11.6 Å². The van der Waals surface area contributed by atoms with E-state index >= 15 is 0 Å². The quantitative estimate of drug-likeness (QED) is 0.753. The lowest BCUT2D eigenvalue weighted by Gasteiger charge is -2.33. The summed E-state index contributed by atoms with van der Waals surface area (Å²) in [6.07, 6.45) is 3.05. The molecule has 0 N–H and O–H groups in total. The van der Waals surface area contributed by atoms with Crippen molar-refractivity contribution in [3.8, 4) is 6.07 Å². The average Bonchev–Trinajstić information content (AvgIpc) is 3.22. The molecule has 1 saturated heterocycles. The summed E-state index contributed by atoms with van der Waals surface area (Å²) in [4.78, 5) is 14.0. The number of hydrogen-bond acceptors (Lipinski definition) is 5. The Bertz CT molecular complexity index is 952. The normalized spacial score (nSPS) is 15.9. The predicted octanol–water partition coefficient (Wildman–Crippen LogP) is 2.17. The fourth-order valence-corrected chi connectivity index (χ4v) is 5.26. The van der Waals surface area contributed by atoms with Crippen molar-refractivity contribution in [1.82, 2.24) is 9.21 Å². The van der Waals surface area contributed by atoms with E-state index in [-0.39, 0.29) is 19.0 Å². The Morgan fingerprint density at radius 1 is 1.12 bits per heavy atom. The Hall–Kier alpha value is -2.47. The van der Waals surface area contributed by atoms with E-state index in [1.165, 1.54) is 21.7 Å². The van der Waals surface area contributed by atoms with E-state index in [0.717, 1.165) is 0 Å². The second kappa shape index (κ2) is 7.83. The number of carbonyl (C=O) groups excluding carboxylic acids is 1. The molecule has 0 unspecified atom stereocenters. The van der Waals surface area contributed by atoms with Crippen LogP contribution < -0.4 is 0 Å². The summed E-state index contributed by atoms with van der Waals surface area (Å²) in [5.41, 5.74) is 1.19. The number of rotatable bonds is 4. The van der Waals surface area contributed by atoms with Crippen molar-refractivity contribution in [2.24, 2.45) is 0 Å². The smallest absolute Gasteiger partial charge is 0.252 e. The highest BCUT2D eigenvalue weighted by Gasteiger charge is 2.30. The van der Waals surface area contributed by atoms with Crippen molar-refractivity contribution in [3.05, 3.63) is 59.0 Å². The van der Waals surface area contributed by atoms with Crippen LogP contribution in [0.4, 0.5) is 0 Å². The highest BCUT2D eigenvalue weighted by atomic mass is 32.2. The highest BCUT2D eigenvalue weighted by Crippen LogP contribution is 2.22. The molecular weight excluding hydrogens is 370 g/mol. The summed E-state index contributed by atoms with van der Waals surface area (Å²) in [7, 11) is -3.47. The summed E-state index contributed by atoms with van der Waals surface area (Å²) in [6.45, 7) is 1.23. The summed E-state index contributed by atoms with van der Waals surface area (Å²) in [6, 6.07) is 12.4. The van der Waals surface area contributed by atoms with Crippen molar-refractivity contribution in [2.45, 2.75) is 4.21 Å². The fourth-order valence-electron chi connectivity index (χ4n) is 2.70. The number of nitrogens with zero attached hydrogens (tertiary/aromatic N) is 3. The molecule has 134 valence electrons. The Morgan fingerprint density at radius 2 is 1.85 bits per heavy atom. The number of nitriles is 1. The van der Waals surface area contributed by atoms with Gasteiger partial charge < -0.3 is 4.90 Å². The zero-order valence-corrected chi connectivity index (χ0v) is 15.5. The van der Waals surface area contributed by atoms with E-state index in [1.807, 2.05) is 0 Å². The minimum absolute atomic E-state index is 0.189. The Balaban J connectivity index is 1.62. The number of benzene rings is 1. The van der Waals surface area contributed by atoms with E-state index in [0.29, 0.717) is 28.4 Å². The van der Waals surface area contributed by atoms with Gasteiger partial charge in [0.15, 0.2) is 0 Å². The summed E-state index contributed by atoms with van der Waals surface area (Å²) in [5, 5.41) is 10.8. The van der Waals surface area contributed by atoms with Gasteiger partial charge >= 0.3 is 0 Å². The third-order valence-electron chi connectivity index (χ3n) is 4.13. The zero-order valence-electron chi connectivity index (χ0n) is 13.9. The zero-order chi connectivity index (χ0) is 18.6. The van der Waals surface area contributed by atoms with Gasteiger partial charge in [0.2, 0.25) is 5.91 Å². The van der Waals surface area contributed by atoms with Crippen LogP contribution in [0.3, 0.4) is 0 Å². The molecule has 2 aromatic rings. The monoisotopic (exact) mass is 387 g/mol. The SMILES string of the molecule is N#Cc1ccccc1/C=C/C(=O)N1CCN(S(=O)(=O)c2cccs2)CC1. The van der Waals surface area contributed by atoms with E-state index in [2.05, 4.69) is 6.07 Å². The largest absolute Gasteiger partial charge is 0.337 e. The third kappa shape index (κ3) is 3.85. The summed E-state index contributed by atoms with van der Waals surface area (Å²) >= 11 is 1.19. The Morgan fingerprint density at radius 3 is 2.50 bits per heavy atom. The van der Waals surface area contributed by atoms with Crippen LogP contribution >= 0.6 is 11.3 Å². The van der Waals surface area contributed by atoms with E-state index < -0.39 is 10.0 Å². The van der Waals surface area contributed by atoms with Crippen LogP contribution in [-0.2, 0) is 14.8 Å². The predicted molar refractivity (Wildman–Crippen MR) is 99.8 cm³/mol. The minimum atomic E-state index is -3.47. The molecule has 1 aromatic heterocycles. The van der Waals surface area contributed by atoms with Gasteiger partial charge in [-0.2, -0.15) is 9.57 Å². The van der Waals surface area contributed by atoms with Gasteiger partial charge in [-0.15, -0.1) is 11.3 Å². The van der Waals surface area contributed by atoms with E-state index in [4.69, 9.17) is 5.26 Å². The van der Waals surface area contributed by atoms with E-state index in [1.54, 1.807) is 52.8 Å². The van der Waals surface area contributed by atoms with Gasteiger partial charge in [-0.3, -0.25) is 4.79 Å². The summed E-state index contributed by atoms with van der Waals surface area (Å²) < 4.78 is 26.7. The van der Waals surface area contributed by atoms with Crippen LogP contribution in [0.15, 0.2) is 52.1 Å². The van der Waals surface area contributed by atoms with Crippen LogP contribution in [0, 0.1) is 11.3 Å². The maximum absolute atomic E-state index is 12.5. The lowest BCUT2D eigenvalue weighted by Crippen LogP contribution is -2.50. The van der Waals surface area contributed by atoms with Crippen LogP contribution in [0.2, 0.25) is 0 Å². The molecule has 0 spiro atoms. The van der Waals surface area contributed by atoms with Crippen LogP contribution in [-0.4, -0.2) is 49.7 Å². The topological polar surface area (TPSA) is 81.5 Å². The maximum atomic E-state index is 12.5. The molecule has 3 rings (SSSR count). The number of hydrogen-bond donors (Lipinski definition) is 0. The molecule has 26 heavy (non-hydrogen) atoms. The number of amides is 1. The van der Waals surface area contributed by atoms with Crippen LogP contribution in [0.1, 0.15) is 11.1 Å². The third-order valence-corrected chi connectivity index (χ3v) is 7.40. The first-order valence-corrected chi connectivity index (χ1v) is 10.3. The molecule has 0 atom stereocenters. The van der Waals surface area contributed by atoms with Gasteiger partial charge in [-0.25, -0.2) is 8.42 Å². The number of thiophene rings is 1. The molecule has 1 amide bonds. The molecule has 1 aliphatic heterocycles. The standard InChI is InChI=1S/C18H17N3O3S2/c19-14-16-5-2-1-4-15(16)7-8-17(22)20-9-11-21(12-10-20)26(23,24)18-6-3-13-25-18/h1-8,13H,9-12H2/b8-7+. The Labute approximate surface area is 156 Å². The first-order chi connectivity index (χ1) is 12.5. The maximum Gasteiger partial charge on any atom is 0.252 e. The van der Waals surface area contributed by atoms with Crippen molar-refractivity contribution in [1.29, 1.82) is 5.26 Å². The van der Waals surface area contributed by atoms with Crippen molar-refractivity contribution < 1.29 is 13.2 Å². The van der Waals surface area contributed by atoms with Crippen molar-refractivity contribution in [2.75, 3.05) is 26.2 Å². The highest BCUT2D eigenvalue weighted by molar-refractivity contribution is 7.91. The van der Waals surface area contributed by atoms with Crippen LogP contribution in [0.25, 0.3) is 6.08 Å². The van der Waals surface area contributed by atoms with Gasteiger partial charge in [-0.05, 0) is 29.2 Å². The summed E-state index contributed by atoms with van der Waals surface area (Å²) in [5.74, 6) is -0.189. The first kappa shape index (κ1) is 18.3. The Kier molecular flexibility index (Phi) is 5.52. The van der Waals surface area contributed by atoms with Gasteiger partial charge in [0.1, 0.15) is 4.21 Å². The molecule has 1 aromatic carbocycles. The first-order valence-electron chi connectivity index (χ1n) is 8.02. The van der Waals surface area contributed by atoms with Gasteiger partial charge in [-0.1, -0.05) is 24.3 Å². The second-order valence-electron chi connectivity index (χ2n) is 5.69. The molecule has 0 radical (unpaired) electrons. The molecule has 1 fully saturated rings. The molecule has 0 bridgehead atoms. The lowest BCUT2D eigenvalue weighted by atomic mass is 10.1. The second-order valence-corrected chi connectivity index (χ2v) is 8.81. The molecule has 6 nitrogen and oxygen atoms in total. The van der Waals surface area contributed by atoms with Gasteiger partial charge in [0.25, 0.3) is 10.0 Å². The fraction of sp³-hybridized carbons (Fsp3) is 0.222. The molecular formula is C18H17N3O3S2. The minimum Gasteiger partial charge on any atom is -0.337 e. The molecule has 2 heterocycles. The van der Waals surface area contributed by atoms with Crippen LogP contribution in [0.5, 0.6) is 0 Å². The molecule has 0 aliphatic carbocycles. The molecule has 0 saturated carbocycles. The van der Waals surface area contributed by atoms with Gasteiger partial charge in [0, 0.05) is 32.3 Å². The number of piperazine rings is 1. The molecule has 8 heteroatoms. The average molecular weight is 387 g/mol. The number of sulfonamides is 1. The molecule has 1 aliphatic rings. The van der Waals surface area contributed by atoms with E-state index in [9.17, 15) is 13.2 Å². The lowest BCUT2D eigenvalue weighted by molar-refractivity contribution is -0.127.